The fraction of sp³-hybridized carbons (Fsp3) is 0.706. The molecule has 0 saturated carbocycles. The second kappa shape index (κ2) is 8.24. The molecule has 128 valence electrons. The van der Waals surface area contributed by atoms with Crippen molar-refractivity contribution in [3.8, 4) is 0 Å². The highest BCUT2D eigenvalue weighted by Crippen LogP contribution is 2.16. The number of carbonyl (C=O) groups excluding carboxylic acids is 1. The maximum absolute atomic E-state index is 12.2. The van der Waals surface area contributed by atoms with Crippen LogP contribution in [0, 0.1) is 5.92 Å². The van der Waals surface area contributed by atoms with Gasteiger partial charge in [0.05, 0.1) is 18.3 Å². The molecule has 2 rings (SSSR count). The third-order valence-corrected chi connectivity index (χ3v) is 4.69. The lowest BCUT2D eigenvalue weighted by molar-refractivity contribution is -0.123. The van der Waals surface area contributed by atoms with Crippen molar-refractivity contribution >= 4 is 5.91 Å². The van der Waals surface area contributed by atoms with E-state index >= 15 is 0 Å². The molecule has 0 fully saturated rings. The quantitative estimate of drug-likeness (QED) is 0.767. The summed E-state index contributed by atoms with van der Waals surface area (Å²) in [5.74, 6) is -0.104. The molecule has 6 nitrogen and oxygen atoms in total. The van der Waals surface area contributed by atoms with Crippen LogP contribution >= 0.6 is 0 Å². The van der Waals surface area contributed by atoms with Gasteiger partial charge in [0, 0.05) is 6.07 Å². The van der Waals surface area contributed by atoms with Crippen molar-refractivity contribution in [3.05, 3.63) is 27.7 Å². The van der Waals surface area contributed by atoms with Crippen LogP contribution in [0.1, 0.15) is 50.8 Å². The number of amides is 1. The molecule has 1 heterocycles. The maximum atomic E-state index is 12.2. The molecular weight excluding hydrogens is 294 g/mol. The van der Waals surface area contributed by atoms with Crippen LogP contribution in [0.3, 0.4) is 0 Å². The summed E-state index contributed by atoms with van der Waals surface area (Å²) in [5, 5.41) is 16.6. The molecule has 0 aromatic carbocycles. The first kappa shape index (κ1) is 17.7. The van der Waals surface area contributed by atoms with E-state index in [1.54, 1.807) is 6.07 Å². The lowest BCUT2D eigenvalue weighted by atomic mass is 10.00. The van der Waals surface area contributed by atoms with Crippen LogP contribution in [0.5, 0.6) is 0 Å². The van der Waals surface area contributed by atoms with Crippen LogP contribution in [0.4, 0.5) is 0 Å². The number of carbonyl (C=O) groups is 1. The molecule has 23 heavy (non-hydrogen) atoms. The fourth-order valence-electron chi connectivity index (χ4n) is 2.93. The minimum atomic E-state index is -0.288. The lowest BCUT2D eigenvalue weighted by Gasteiger charge is -2.22. The molecule has 0 aliphatic heterocycles. The summed E-state index contributed by atoms with van der Waals surface area (Å²) >= 11 is 0. The van der Waals surface area contributed by atoms with Gasteiger partial charge in [-0.15, -0.1) is 0 Å². The van der Waals surface area contributed by atoms with E-state index in [0.717, 1.165) is 49.8 Å². The Morgan fingerprint density at radius 2 is 2.13 bits per heavy atom. The topological polar surface area (TPSA) is 84.2 Å². The van der Waals surface area contributed by atoms with Crippen molar-refractivity contribution in [3.63, 3.8) is 0 Å². The number of nitrogens with zero attached hydrogens (tertiary/aromatic N) is 2. The predicted molar refractivity (Wildman–Crippen MR) is 88.2 cm³/mol. The highest BCUT2D eigenvalue weighted by molar-refractivity contribution is 5.76. The van der Waals surface area contributed by atoms with Crippen LogP contribution in [0.2, 0.25) is 0 Å². The van der Waals surface area contributed by atoms with Gasteiger partial charge in [0.2, 0.25) is 5.91 Å². The summed E-state index contributed by atoms with van der Waals surface area (Å²) in [5.41, 5.74) is 1.73. The zero-order chi connectivity index (χ0) is 16.8. The molecule has 0 bridgehead atoms. The highest BCUT2D eigenvalue weighted by Gasteiger charge is 2.19. The van der Waals surface area contributed by atoms with Gasteiger partial charge < -0.3 is 10.4 Å². The SMILES string of the molecule is CC[C@@H](C)[C@@H](CO)NC(=O)Cn1nc2c(cc1=O)CCCCC2. The first-order valence-electron chi connectivity index (χ1n) is 8.55. The first-order chi connectivity index (χ1) is 11.0. The summed E-state index contributed by atoms with van der Waals surface area (Å²) in [7, 11) is 0. The lowest BCUT2D eigenvalue weighted by Crippen LogP contribution is -2.44. The van der Waals surface area contributed by atoms with Crippen LogP contribution in [-0.2, 0) is 24.2 Å². The number of hydrogen-bond donors (Lipinski definition) is 2. The summed E-state index contributed by atoms with van der Waals surface area (Å²) < 4.78 is 1.24. The van der Waals surface area contributed by atoms with Gasteiger partial charge in [-0.05, 0) is 37.2 Å². The van der Waals surface area contributed by atoms with E-state index in [4.69, 9.17) is 0 Å². The summed E-state index contributed by atoms with van der Waals surface area (Å²) in [4.78, 5) is 24.3. The average Bonchev–Trinajstić information content (AvgIpc) is 2.77. The Balaban J connectivity index is 2.09. The molecule has 1 aliphatic rings. The summed E-state index contributed by atoms with van der Waals surface area (Å²) in [6, 6.07) is 1.34. The predicted octanol–water partition coefficient (Wildman–Crippen LogP) is 1.04. The van der Waals surface area contributed by atoms with Gasteiger partial charge in [0.25, 0.3) is 5.56 Å². The van der Waals surface area contributed by atoms with E-state index in [-0.39, 0.29) is 36.6 Å². The molecule has 0 saturated heterocycles. The standard InChI is InChI=1S/C17H27N3O3/c1-3-12(2)15(11-21)18-16(22)10-20-17(23)9-13-7-5-4-6-8-14(13)19-20/h9,12,15,21H,3-8,10-11H2,1-2H3,(H,18,22)/t12-,15-/m1/s1. The molecule has 1 amide bonds. The van der Waals surface area contributed by atoms with Crippen molar-refractivity contribution in [2.75, 3.05) is 6.61 Å². The van der Waals surface area contributed by atoms with Crippen molar-refractivity contribution < 1.29 is 9.90 Å². The minimum Gasteiger partial charge on any atom is -0.394 e. The van der Waals surface area contributed by atoms with Gasteiger partial charge in [-0.25, -0.2) is 4.68 Å². The number of rotatable bonds is 6. The molecule has 6 heteroatoms. The van der Waals surface area contributed by atoms with Crippen LogP contribution in [0.15, 0.2) is 10.9 Å². The first-order valence-corrected chi connectivity index (χ1v) is 8.55. The molecule has 1 aromatic heterocycles. The number of aromatic nitrogens is 2. The zero-order valence-corrected chi connectivity index (χ0v) is 14.0. The molecular formula is C17H27N3O3. The van der Waals surface area contributed by atoms with E-state index in [2.05, 4.69) is 10.4 Å². The van der Waals surface area contributed by atoms with Crippen LogP contribution in [0.25, 0.3) is 0 Å². The molecule has 2 N–H and O–H groups in total. The Labute approximate surface area is 136 Å². The number of fused-ring (bicyclic) bond motifs is 1. The summed E-state index contributed by atoms with van der Waals surface area (Å²) in [6.07, 6.45) is 5.94. The van der Waals surface area contributed by atoms with Gasteiger partial charge in [-0.3, -0.25) is 9.59 Å². The fourth-order valence-corrected chi connectivity index (χ4v) is 2.93. The van der Waals surface area contributed by atoms with E-state index in [1.165, 1.54) is 4.68 Å². The van der Waals surface area contributed by atoms with E-state index in [9.17, 15) is 14.7 Å². The van der Waals surface area contributed by atoms with E-state index < -0.39 is 0 Å². The molecule has 1 aromatic rings. The molecule has 0 radical (unpaired) electrons. The highest BCUT2D eigenvalue weighted by atomic mass is 16.3. The van der Waals surface area contributed by atoms with Gasteiger partial charge >= 0.3 is 0 Å². The second-order valence-corrected chi connectivity index (χ2v) is 6.41. The van der Waals surface area contributed by atoms with Crippen LogP contribution in [-0.4, -0.2) is 33.4 Å². The monoisotopic (exact) mass is 321 g/mol. The molecule has 1 aliphatic carbocycles. The Morgan fingerprint density at radius 3 is 2.83 bits per heavy atom. The van der Waals surface area contributed by atoms with Crippen molar-refractivity contribution in [1.82, 2.24) is 15.1 Å². The van der Waals surface area contributed by atoms with Crippen molar-refractivity contribution in [1.29, 1.82) is 0 Å². The number of nitrogens with one attached hydrogen (secondary N) is 1. The zero-order valence-electron chi connectivity index (χ0n) is 14.0. The third-order valence-electron chi connectivity index (χ3n) is 4.69. The Morgan fingerprint density at radius 1 is 1.39 bits per heavy atom. The Kier molecular flexibility index (Phi) is 6.33. The molecule has 0 spiro atoms. The van der Waals surface area contributed by atoms with Gasteiger partial charge in [0.1, 0.15) is 6.54 Å². The number of hydrogen-bond acceptors (Lipinski definition) is 4. The Hall–Kier alpha value is -1.69. The molecule has 0 unspecified atom stereocenters. The normalized spacial score (nSPS) is 17.0. The van der Waals surface area contributed by atoms with E-state index in [0.29, 0.717) is 0 Å². The van der Waals surface area contributed by atoms with Gasteiger partial charge in [0.15, 0.2) is 0 Å². The average molecular weight is 321 g/mol. The van der Waals surface area contributed by atoms with E-state index in [1.807, 2.05) is 13.8 Å². The maximum Gasteiger partial charge on any atom is 0.267 e. The van der Waals surface area contributed by atoms with Gasteiger partial charge in [-0.1, -0.05) is 26.7 Å². The van der Waals surface area contributed by atoms with Gasteiger partial charge in [-0.2, -0.15) is 5.10 Å². The second-order valence-electron chi connectivity index (χ2n) is 6.41. The summed E-state index contributed by atoms with van der Waals surface area (Å²) in [6.45, 7) is 3.79. The number of aliphatic hydroxyl groups is 1. The van der Waals surface area contributed by atoms with Crippen molar-refractivity contribution in [2.45, 2.75) is 65.0 Å². The number of aliphatic hydroxyl groups excluding tert-OH is 1. The minimum absolute atomic E-state index is 0.0982. The smallest absolute Gasteiger partial charge is 0.267 e. The third kappa shape index (κ3) is 4.64. The van der Waals surface area contributed by atoms with Crippen LogP contribution < -0.4 is 10.9 Å². The molecule has 2 atom stereocenters. The Bertz CT molecular complexity index is 597. The largest absolute Gasteiger partial charge is 0.394 e. The number of aryl methyl sites for hydroxylation is 2. The van der Waals surface area contributed by atoms with Crippen molar-refractivity contribution in [2.24, 2.45) is 5.92 Å².